The van der Waals surface area contributed by atoms with Gasteiger partial charge in [-0.2, -0.15) is 13.2 Å². The molecule has 2 nitrogen and oxygen atoms in total. The van der Waals surface area contributed by atoms with E-state index in [1.54, 1.807) is 6.07 Å². The van der Waals surface area contributed by atoms with Gasteiger partial charge in [-0.15, -0.1) is 0 Å². The molecule has 1 aliphatic rings. The minimum absolute atomic E-state index is 0.0301. The SMILES string of the molecule is FC(F)(F)c1ccccc1COCC1(c2ccccc2)CCNCC1. The Bertz CT molecular complexity index is 679. The van der Waals surface area contributed by atoms with Crippen molar-refractivity contribution in [1.29, 1.82) is 0 Å². The lowest BCUT2D eigenvalue weighted by molar-refractivity contribution is -0.139. The van der Waals surface area contributed by atoms with Gasteiger partial charge in [-0.1, -0.05) is 48.5 Å². The molecule has 0 amide bonds. The molecule has 2 aromatic carbocycles. The smallest absolute Gasteiger partial charge is 0.376 e. The molecule has 0 saturated carbocycles. The molecule has 0 radical (unpaired) electrons. The minimum Gasteiger partial charge on any atom is -0.376 e. The van der Waals surface area contributed by atoms with Crippen LogP contribution in [0, 0.1) is 0 Å². The van der Waals surface area contributed by atoms with E-state index in [9.17, 15) is 13.2 Å². The van der Waals surface area contributed by atoms with Gasteiger partial charge in [0.1, 0.15) is 0 Å². The quantitative estimate of drug-likeness (QED) is 0.855. The number of halogens is 3. The molecule has 1 N–H and O–H groups in total. The Labute approximate surface area is 146 Å². The highest BCUT2D eigenvalue weighted by molar-refractivity contribution is 5.29. The number of piperidine rings is 1. The van der Waals surface area contributed by atoms with E-state index >= 15 is 0 Å². The molecule has 0 spiro atoms. The second kappa shape index (κ2) is 7.58. The maximum Gasteiger partial charge on any atom is 0.416 e. The number of ether oxygens (including phenoxy) is 1. The molecule has 0 aromatic heterocycles. The first kappa shape index (κ1) is 18.0. The highest BCUT2D eigenvalue weighted by Gasteiger charge is 2.35. The van der Waals surface area contributed by atoms with Gasteiger partial charge >= 0.3 is 6.18 Å². The van der Waals surface area contributed by atoms with Crippen molar-refractivity contribution >= 4 is 0 Å². The molecule has 3 rings (SSSR count). The highest BCUT2D eigenvalue weighted by atomic mass is 19.4. The molecule has 1 heterocycles. The lowest BCUT2D eigenvalue weighted by Gasteiger charge is -2.38. The molecule has 0 bridgehead atoms. The number of alkyl halides is 3. The summed E-state index contributed by atoms with van der Waals surface area (Å²) >= 11 is 0. The van der Waals surface area contributed by atoms with Gasteiger partial charge in [-0.3, -0.25) is 0 Å². The van der Waals surface area contributed by atoms with Crippen molar-refractivity contribution in [2.75, 3.05) is 19.7 Å². The normalized spacial score (nSPS) is 17.4. The second-order valence-electron chi connectivity index (χ2n) is 6.54. The van der Waals surface area contributed by atoms with Crippen LogP contribution in [0.5, 0.6) is 0 Å². The van der Waals surface area contributed by atoms with E-state index in [-0.39, 0.29) is 17.6 Å². The van der Waals surface area contributed by atoms with E-state index in [1.165, 1.54) is 17.7 Å². The molecule has 1 aliphatic heterocycles. The Morgan fingerprint density at radius 2 is 1.56 bits per heavy atom. The molecule has 1 saturated heterocycles. The van der Waals surface area contributed by atoms with Crippen molar-refractivity contribution in [3.05, 3.63) is 71.3 Å². The van der Waals surface area contributed by atoms with Crippen molar-refractivity contribution in [2.45, 2.75) is 31.0 Å². The van der Waals surface area contributed by atoms with Crippen LogP contribution < -0.4 is 5.32 Å². The summed E-state index contributed by atoms with van der Waals surface area (Å²) in [5.74, 6) is 0. The molecule has 0 atom stereocenters. The number of nitrogens with one attached hydrogen (secondary N) is 1. The summed E-state index contributed by atoms with van der Waals surface area (Å²) in [6.07, 6.45) is -2.53. The summed E-state index contributed by atoms with van der Waals surface area (Å²) in [6, 6.07) is 15.7. The van der Waals surface area contributed by atoms with Gasteiger partial charge in [0.25, 0.3) is 0 Å². The zero-order valence-electron chi connectivity index (χ0n) is 14.0. The lowest BCUT2D eigenvalue weighted by atomic mass is 9.74. The number of rotatable bonds is 5. The van der Waals surface area contributed by atoms with Gasteiger partial charge in [0.15, 0.2) is 0 Å². The van der Waals surface area contributed by atoms with Crippen molar-refractivity contribution in [3.8, 4) is 0 Å². The molecule has 5 heteroatoms. The first-order chi connectivity index (χ1) is 12.0. The molecule has 0 aliphatic carbocycles. The summed E-state index contributed by atoms with van der Waals surface area (Å²) in [4.78, 5) is 0. The Morgan fingerprint density at radius 1 is 0.920 bits per heavy atom. The summed E-state index contributed by atoms with van der Waals surface area (Å²) in [5.41, 5.74) is 0.626. The van der Waals surface area contributed by atoms with Crippen LogP contribution in [0.1, 0.15) is 29.5 Å². The van der Waals surface area contributed by atoms with Crippen LogP contribution in [-0.4, -0.2) is 19.7 Å². The van der Waals surface area contributed by atoms with Crippen molar-refractivity contribution in [2.24, 2.45) is 0 Å². The lowest BCUT2D eigenvalue weighted by Crippen LogP contribution is -2.43. The van der Waals surface area contributed by atoms with Crippen LogP contribution >= 0.6 is 0 Å². The average Bonchev–Trinajstić information content (AvgIpc) is 2.63. The van der Waals surface area contributed by atoms with Gasteiger partial charge < -0.3 is 10.1 Å². The van der Waals surface area contributed by atoms with Gasteiger partial charge in [-0.25, -0.2) is 0 Å². The van der Waals surface area contributed by atoms with E-state index in [0.717, 1.165) is 32.0 Å². The molecule has 2 aromatic rings. The molecule has 134 valence electrons. The topological polar surface area (TPSA) is 21.3 Å². The fourth-order valence-corrected chi connectivity index (χ4v) is 3.49. The average molecular weight is 349 g/mol. The maximum atomic E-state index is 13.1. The Morgan fingerprint density at radius 3 is 2.24 bits per heavy atom. The second-order valence-corrected chi connectivity index (χ2v) is 6.54. The van der Waals surface area contributed by atoms with Gasteiger partial charge in [0.2, 0.25) is 0 Å². The Kier molecular flexibility index (Phi) is 5.45. The first-order valence-corrected chi connectivity index (χ1v) is 8.50. The molecular formula is C20H22F3NO. The number of benzene rings is 2. The Hall–Kier alpha value is -1.85. The van der Waals surface area contributed by atoms with E-state index in [4.69, 9.17) is 4.74 Å². The van der Waals surface area contributed by atoms with E-state index in [0.29, 0.717) is 6.61 Å². The summed E-state index contributed by atoms with van der Waals surface area (Å²) < 4.78 is 45.1. The standard InChI is InChI=1S/C20H22F3NO/c21-20(22,23)18-9-5-4-6-16(18)14-25-15-19(10-12-24-13-11-19)17-7-2-1-3-8-17/h1-9,24H,10-15H2. The monoisotopic (exact) mass is 349 g/mol. The van der Waals surface area contributed by atoms with Crippen molar-refractivity contribution in [3.63, 3.8) is 0 Å². The Balaban J connectivity index is 1.73. The predicted molar refractivity (Wildman–Crippen MR) is 91.3 cm³/mol. The summed E-state index contributed by atoms with van der Waals surface area (Å²) in [6.45, 7) is 2.16. The maximum absolute atomic E-state index is 13.1. The van der Waals surface area contributed by atoms with Crippen LogP contribution in [-0.2, 0) is 22.9 Å². The third-order valence-electron chi connectivity index (χ3n) is 4.91. The zero-order chi connectivity index (χ0) is 17.8. The first-order valence-electron chi connectivity index (χ1n) is 8.50. The van der Waals surface area contributed by atoms with Crippen molar-refractivity contribution in [1.82, 2.24) is 5.32 Å². The summed E-state index contributed by atoms with van der Waals surface area (Å²) in [7, 11) is 0. The van der Waals surface area contributed by atoms with Gasteiger partial charge in [0, 0.05) is 5.41 Å². The van der Waals surface area contributed by atoms with Gasteiger partial charge in [0.05, 0.1) is 18.8 Å². The van der Waals surface area contributed by atoms with Crippen LogP contribution in [0.2, 0.25) is 0 Å². The fourth-order valence-electron chi connectivity index (χ4n) is 3.49. The fraction of sp³-hybridized carbons (Fsp3) is 0.400. The van der Waals surface area contributed by atoms with Gasteiger partial charge in [-0.05, 0) is 43.1 Å². The van der Waals surface area contributed by atoms with Crippen molar-refractivity contribution < 1.29 is 17.9 Å². The zero-order valence-corrected chi connectivity index (χ0v) is 14.0. The molecule has 25 heavy (non-hydrogen) atoms. The van der Waals surface area contributed by atoms with Crippen LogP contribution in [0.4, 0.5) is 13.2 Å². The number of hydrogen-bond acceptors (Lipinski definition) is 2. The highest BCUT2D eigenvalue weighted by Crippen LogP contribution is 2.35. The van der Waals surface area contributed by atoms with E-state index < -0.39 is 11.7 Å². The molecular weight excluding hydrogens is 327 g/mol. The summed E-state index contributed by atoms with van der Waals surface area (Å²) in [5, 5.41) is 3.34. The largest absolute Gasteiger partial charge is 0.416 e. The van der Waals surface area contributed by atoms with E-state index in [1.807, 2.05) is 18.2 Å². The molecule has 1 fully saturated rings. The van der Waals surface area contributed by atoms with Crippen LogP contribution in [0.15, 0.2) is 54.6 Å². The third-order valence-corrected chi connectivity index (χ3v) is 4.91. The third kappa shape index (κ3) is 4.22. The minimum atomic E-state index is -4.36. The molecule has 0 unspecified atom stereocenters. The predicted octanol–water partition coefficient (Wildman–Crippen LogP) is 4.54. The van der Waals surface area contributed by atoms with Crippen LogP contribution in [0.3, 0.4) is 0 Å². The van der Waals surface area contributed by atoms with Crippen LogP contribution in [0.25, 0.3) is 0 Å². The van der Waals surface area contributed by atoms with E-state index in [2.05, 4.69) is 17.4 Å². The number of hydrogen-bond donors (Lipinski definition) is 1.